The molecule has 0 saturated heterocycles. The minimum absolute atomic E-state index is 0.0304. The zero-order valence-electron chi connectivity index (χ0n) is 16.1. The molecule has 0 saturated carbocycles. The van der Waals surface area contributed by atoms with E-state index < -0.39 is 10.3 Å². The van der Waals surface area contributed by atoms with E-state index in [1.54, 1.807) is 60.7 Å². The molecule has 0 spiro atoms. The number of hydrogen-bond acceptors (Lipinski definition) is 8. The average molecular weight is 444 g/mol. The van der Waals surface area contributed by atoms with Crippen LogP contribution in [-0.4, -0.2) is 51.8 Å². The number of hydrogen-bond donors (Lipinski definition) is 2. The summed E-state index contributed by atoms with van der Waals surface area (Å²) in [4.78, 5) is 29.3. The maximum atomic E-state index is 12.4. The van der Waals surface area contributed by atoms with Crippen molar-refractivity contribution >= 4 is 68.0 Å². The normalized spacial score (nSPS) is 13.2. The van der Waals surface area contributed by atoms with Crippen molar-refractivity contribution in [2.24, 2.45) is 0 Å². The Morgan fingerprint density at radius 2 is 1.09 bits per heavy atom. The average Bonchev–Trinajstić information content (AvgIpc) is 3.52. The van der Waals surface area contributed by atoms with Crippen LogP contribution in [-0.2, 0) is 10.3 Å². The highest BCUT2D eigenvalue weighted by Crippen LogP contribution is 2.27. The van der Waals surface area contributed by atoms with Crippen LogP contribution in [0.2, 0.25) is 0 Å². The van der Waals surface area contributed by atoms with Crippen LogP contribution in [0, 0.1) is 0 Å². The van der Waals surface area contributed by atoms with E-state index in [-0.39, 0.29) is 22.9 Å². The summed E-state index contributed by atoms with van der Waals surface area (Å²) in [5.74, 6) is 1.19. The van der Waals surface area contributed by atoms with E-state index in [4.69, 9.17) is 0 Å². The van der Waals surface area contributed by atoms with Crippen molar-refractivity contribution in [3.8, 4) is 0 Å². The molecule has 0 unspecified atom stereocenters. The van der Waals surface area contributed by atoms with E-state index in [2.05, 4.69) is 34.9 Å². The molecular formula is C20H12N8O3S. The number of fused-ring (bicyclic) bond motifs is 11. The smallest absolute Gasteiger partial charge is 0.325 e. The lowest BCUT2D eigenvalue weighted by Crippen LogP contribution is -2.11. The van der Waals surface area contributed by atoms with E-state index in [0.717, 1.165) is 0 Å². The molecule has 2 aliphatic rings. The van der Waals surface area contributed by atoms with Crippen molar-refractivity contribution in [1.29, 1.82) is 0 Å². The summed E-state index contributed by atoms with van der Waals surface area (Å²) in [6.07, 6.45) is 6.49. The Labute approximate surface area is 179 Å². The largest absolute Gasteiger partial charge is 0.366 e. The zero-order valence-corrected chi connectivity index (χ0v) is 16.9. The predicted octanol–water partition coefficient (Wildman–Crippen LogP) is 2.51. The fraction of sp³-hybridized carbons (Fsp3) is 0. The van der Waals surface area contributed by atoms with Crippen LogP contribution in [0.15, 0.2) is 36.4 Å². The molecule has 32 heavy (non-hydrogen) atoms. The molecule has 6 rings (SSSR count). The molecule has 1 aromatic carbocycles. The Kier molecular flexibility index (Phi) is 3.81. The third-order valence-corrected chi connectivity index (χ3v) is 5.62. The van der Waals surface area contributed by atoms with E-state index in [0.29, 0.717) is 37.7 Å². The second-order valence-electron chi connectivity index (χ2n) is 6.93. The summed E-state index contributed by atoms with van der Waals surface area (Å²) in [7, 11) is -4.77. The number of aromatic nitrogens is 8. The maximum absolute atomic E-state index is 12.4. The van der Waals surface area contributed by atoms with Crippen molar-refractivity contribution in [2.75, 3.05) is 0 Å². The number of H-pyrrole nitrogens is 1. The van der Waals surface area contributed by atoms with E-state index in [1.807, 2.05) is 0 Å². The Balaban J connectivity index is 1.87. The van der Waals surface area contributed by atoms with E-state index in [9.17, 15) is 13.0 Å². The van der Waals surface area contributed by atoms with Gasteiger partial charge >= 0.3 is 10.3 Å². The Morgan fingerprint density at radius 3 is 1.53 bits per heavy atom. The predicted molar refractivity (Wildman–Crippen MR) is 118 cm³/mol. The molecule has 0 atom stereocenters. The van der Waals surface area contributed by atoms with Gasteiger partial charge in [-0.1, -0.05) is 24.3 Å². The van der Waals surface area contributed by atoms with Crippen LogP contribution >= 0.6 is 0 Å². The third-order valence-electron chi connectivity index (χ3n) is 4.81. The van der Waals surface area contributed by atoms with Crippen LogP contribution in [0.1, 0.15) is 23.3 Å². The van der Waals surface area contributed by atoms with Crippen molar-refractivity contribution in [3.05, 3.63) is 59.7 Å². The van der Waals surface area contributed by atoms with Gasteiger partial charge in [-0.25, -0.2) is 29.9 Å². The van der Waals surface area contributed by atoms with Crippen LogP contribution in [0.4, 0.5) is 0 Å². The summed E-state index contributed by atoms with van der Waals surface area (Å²) in [5, 5.41) is 0.944. The third kappa shape index (κ3) is 3.05. The fourth-order valence-corrected chi connectivity index (χ4v) is 4.24. The molecule has 0 fully saturated rings. The first-order valence-corrected chi connectivity index (χ1v) is 10.8. The van der Waals surface area contributed by atoms with Gasteiger partial charge in [-0.05, 0) is 36.4 Å². The van der Waals surface area contributed by atoms with Crippen molar-refractivity contribution in [3.63, 3.8) is 0 Å². The highest BCUT2D eigenvalue weighted by molar-refractivity contribution is 7.84. The quantitative estimate of drug-likeness (QED) is 0.364. The summed E-state index contributed by atoms with van der Waals surface area (Å²) < 4.78 is 35.5. The fourth-order valence-electron chi connectivity index (χ4n) is 3.52. The molecule has 11 nitrogen and oxygen atoms in total. The second-order valence-corrected chi connectivity index (χ2v) is 8.19. The molecule has 0 radical (unpaired) electrons. The van der Waals surface area contributed by atoms with Gasteiger partial charge in [0, 0.05) is 10.8 Å². The van der Waals surface area contributed by atoms with Crippen molar-refractivity contribution in [2.45, 2.75) is 0 Å². The van der Waals surface area contributed by atoms with Gasteiger partial charge in [-0.3, -0.25) is 4.55 Å². The van der Waals surface area contributed by atoms with Crippen molar-refractivity contribution < 1.29 is 13.0 Å². The van der Waals surface area contributed by atoms with Gasteiger partial charge in [-0.15, -0.1) is 0 Å². The molecule has 4 aromatic rings. The van der Waals surface area contributed by atoms with Gasteiger partial charge in [0.1, 0.15) is 11.3 Å². The van der Waals surface area contributed by atoms with Crippen LogP contribution in [0.5, 0.6) is 0 Å². The minimum atomic E-state index is -4.77. The molecule has 2 aliphatic heterocycles. The van der Waals surface area contributed by atoms with Crippen LogP contribution in [0.3, 0.4) is 0 Å². The number of aromatic amines is 1. The van der Waals surface area contributed by atoms with Gasteiger partial charge in [0.15, 0.2) is 34.6 Å². The lowest BCUT2D eigenvalue weighted by atomic mass is 10.2. The maximum Gasteiger partial charge on any atom is 0.366 e. The first kappa shape index (κ1) is 18.5. The second kappa shape index (κ2) is 6.60. The summed E-state index contributed by atoms with van der Waals surface area (Å²) in [6.45, 7) is 0. The topological polar surface area (TPSA) is 152 Å². The van der Waals surface area contributed by atoms with Crippen molar-refractivity contribution in [1.82, 2.24) is 38.9 Å². The Hall–Kier alpha value is -4.29. The Bertz CT molecular complexity index is 1660. The zero-order chi connectivity index (χ0) is 21.9. The van der Waals surface area contributed by atoms with Gasteiger partial charge in [0.2, 0.25) is 0 Å². The standard InChI is InChI=1S/C20H12N8O3S/c29-32(30,31)28-19-11-3-1-2-4-12(11)20(28)27-18-10-8-16(25-18)23-14-6-5-13(21-14)22-15-7-9-17(24-15)26-19/h1-10H,(H,29,30,31)(H,21,22,23,24,25,26,27). The number of nitrogens with zero attached hydrogens (tertiary/aromatic N) is 7. The van der Waals surface area contributed by atoms with Crippen LogP contribution in [0.25, 0.3) is 57.7 Å². The lowest BCUT2D eigenvalue weighted by Gasteiger charge is -1.99. The molecule has 12 heteroatoms. The van der Waals surface area contributed by atoms with Gasteiger partial charge in [0.25, 0.3) is 0 Å². The lowest BCUT2D eigenvalue weighted by molar-refractivity contribution is 0.475. The summed E-state index contributed by atoms with van der Waals surface area (Å²) >= 11 is 0. The Morgan fingerprint density at radius 1 is 0.656 bits per heavy atom. The van der Waals surface area contributed by atoms with Gasteiger partial charge < -0.3 is 4.98 Å². The molecular weight excluding hydrogens is 432 g/mol. The van der Waals surface area contributed by atoms with E-state index in [1.165, 1.54) is 0 Å². The molecule has 5 heterocycles. The monoisotopic (exact) mass is 444 g/mol. The molecule has 8 bridgehead atoms. The summed E-state index contributed by atoms with van der Waals surface area (Å²) in [6, 6.07) is 10.4. The van der Waals surface area contributed by atoms with E-state index >= 15 is 0 Å². The molecule has 0 amide bonds. The first-order chi connectivity index (χ1) is 15.4. The molecule has 2 N–H and O–H groups in total. The highest BCUT2D eigenvalue weighted by atomic mass is 32.2. The molecule has 0 aliphatic carbocycles. The number of rotatable bonds is 1. The van der Waals surface area contributed by atoms with Gasteiger partial charge in [0.05, 0.1) is 0 Å². The summed E-state index contributed by atoms with van der Waals surface area (Å²) in [5.41, 5.74) is 1.01. The molecule has 3 aromatic heterocycles. The highest BCUT2D eigenvalue weighted by Gasteiger charge is 2.21. The number of nitrogens with one attached hydrogen (secondary N) is 1. The molecule has 156 valence electrons. The SMILES string of the molecule is O=S(=O)(O)n1c2nc3nc(nc4ccc(nc5nc(nc1c1ccccc12)C=C5)[nH]4)C=C3. The van der Waals surface area contributed by atoms with Gasteiger partial charge in [-0.2, -0.15) is 12.4 Å². The first-order valence-electron chi connectivity index (χ1n) is 9.39. The number of benzene rings is 1. The minimum Gasteiger partial charge on any atom is -0.325 e. The van der Waals surface area contributed by atoms with Crippen LogP contribution < -0.4 is 0 Å².